The van der Waals surface area contributed by atoms with Gasteiger partial charge in [-0.1, -0.05) is 42.8 Å². The molecule has 0 amide bonds. The summed E-state index contributed by atoms with van der Waals surface area (Å²) in [6.45, 7) is 2.70. The number of hydrogen-bond acceptors (Lipinski definition) is 1. The van der Waals surface area contributed by atoms with E-state index < -0.39 is 11.6 Å². The average Bonchev–Trinajstić information content (AvgIpc) is 2.45. The lowest BCUT2D eigenvalue weighted by molar-refractivity contribution is 0.484. The number of nitrogens with one attached hydrogen (secondary N) is 1. The molecule has 0 saturated carbocycles. The van der Waals surface area contributed by atoms with E-state index in [1.54, 1.807) is 0 Å². The van der Waals surface area contributed by atoms with Crippen LogP contribution in [0, 0.1) is 11.6 Å². The summed E-state index contributed by atoms with van der Waals surface area (Å²) in [6.07, 6.45) is 0.916. The number of likely N-dealkylation sites (N-methyl/N-ethyl adjacent to an activating group) is 1. The molecule has 0 bridgehead atoms. The van der Waals surface area contributed by atoms with Gasteiger partial charge in [0.15, 0.2) is 0 Å². The molecule has 4 heteroatoms. The fourth-order valence-electron chi connectivity index (χ4n) is 2.41. The fourth-order valence-corrected chi connectivity index (χ4v) is 2.62. The first-order valence-electron chi connectivity index (χ1n) is 7.01. The number of halogens is 3. The summed E-state index contributed by atoms with van der Waals surface area (Å²) < 4.78 is 27.6. The van der Waals surface area contributed by atoms with Crippen molar-refractivity contribution in [3.8, 4) is 0 Å². The molecule has 0 aromatic heterocycles. The standard InChI is InChI=1S/C17H18ClF2N/c1-2-21-13(10-12-6-3-4-7-15(12)18)11-14-16(19)8-5-9-17(14)20/h3-9,13,21H,2,10-11H2,1H3. The molecule has 0 aliphatic heterocycles. The lowest BCUT2D eigenvalue weighted by Crippen LogP contribution is -2.33. The third kappa shape index (κ3) is 4.26. The highest BCUT2D eigenvalue weighted by atomic mass is 35.5. The topological polar surface area (TPSA) is 12.0 Å². The smallest absolute Gasteiger partial charge is 0.129 e. The SMILES string of the molecule is CCNC(Cc1ccccc1Cl)Cc1c(F)cccc1F. The Balaban J connectivity index is 2.18. The second kappa shape index (κ2) is 7.53. The normalized spacial score (nSPS) is 12.4. The van der Waals surface area contributed by atoms with Gasteiger partial charge in [-0.2, -0.15) is 0 Å². The summed E-state index contributed by atoms with van der Waals surface area (Å²) in [5.41, 5.74) is 1.09. The molecule has 1 atom stereocenters. The van der Waals surface area contributed by atoms with Crippen molar-refractivity contribution in [2.24, 2.45) is 0 Å². The van der Waals surface area contributed by atoms with Crippen LogP contribution in [-0.4, -0.2) is 12.6 Å². The molecule has 1 N–H and O–H groups in total. The summed E-state index contributed by atoms with van der Waals surface area (Å²) in [5.74, 6) is -1.01. The van der Waals surface area contributed by atoms with Crippen molar-refractivity contribution >= 4 is 11.6 Å². The van der Waals surface area contributed by atoms with Gasteiger partial charge >= 0.3 is 0 Å². The maximum absolute atomic E-state index is 13.8. The van der Waals surface area contributed by atoms with Crippen LogP contribution in [0.15, 0.2) is 42.5 Å². The Labute approximate surface area is 128 Å². The van der Waals surface area contributed by atoms with Crippen LogP contribution < -0.4 is 5.32 Å². The zero-order valence-electron chi connectivity index (χ0n) is 11.9. The quantitative estimate of drug-likeness (QED) is 0.835. The molecule has 0 aliphatic rings. The van der Waals surface area contributed by atoms with E-state index in [1.807, 2.05) is 31.2 Å². The Morgan fingerprint density at radius 2 is 1.67 bits per heavy atom. The molecule has 0 heterocycles. The molecule has 1 unspecified atom stereocenters. The minimum absolute atomic E-state index is 0.0682. The van der Waals surface area contributed by atoms with Crippen LogP contribution in [0.1, 0.15) is 18.1 Å². The van der Waals surface area contributed by atoms with Gasteiger partial charge in [0.25, 0.3) is 0 Å². The summed E-state index contributed by atoms with van der Waals surface area (Å²) in [4.78, 5) is 0. The van der Waals surface area contributed by atoms with E-state index in [9.17, 15) is 8.78 Å². The van der Waals surface area contributed by atoms with Crippen molar-refractivity contribution in [2.45, 2.75) is 25.8 Å². The highest BCUT2D eigenvalue weighted by Gasteiger charge is 2.16. The molecule has 0 spiro atoms. The van der Waals surface area contributed by atoms with Crippen LogP contribution in [0.25, 0.3) is 0 Å². The Hall–Kier alpha value is -1.45. The molecule has 2 aromatic carbocycles. The van der Waals surface area contributed by atoms with Gasteiger partial charge in [0.05, 0.1) is 0 Å². The van der Waals surface area contributed by atoms with Crippen LogP contribution >= 0.6 is 11.6 Å². The Morgan fingerprint density at radius 3 is 2.29 bits per heavy atom. The van der Waals surface area contributed by atoms with E-state index >= 15 is 0 Å². The first-order valence-corrected chi connectivity index (χ1v) is 7.39. The summed E-state index contributed by atoms with van der Waals surface area (Å²) >= 11 is 6.16. The van der Waals surface area contributed by atoms with Crippen LogP contribution in [0.5, 0.6) is 0 Å². The molecule has 0 radical (unpaired) electrons. The van der Waals surface area contributed by atoms with Gasteiger partial charge in [-0.3, -0.25) is 0 Å². The Bertz CT molecular complexity index is 581. The zero-order valence-corrected chi connectivity index (χ0v) is 12.6. The zero-order chi connectivity index (χ0) is 15.2. The maximum atomic E-state index is 13.8. The van der Waals surface area contributed by atoms with Gasteiger partial charge in [-0.05, 0) is 43.1 Å². The van der Waals surface area contributed by atoms with Crippen molar-refractivity contribution in [3.05, 3.63) is 70.2 Å². The van der Waals surface area contributed by atoms with Crippen molar-refractivity contribution in [2.75, 3.05) is 6.54 Å². The summed E-state index contributed by atoms with van der Waals surface area (Å²) in [7, 11) is 0. The monoisotopic (exact) mass is 309 g/mol. The van der Waals surface area contributed by atoms with Crippen molar-refractivity contribution in [1.82, 2.24) is 5.32 Å². The number of rotatable bonds is 6. The molecule has 0 fully saturated rings. The van der Waals surface area contributed by atoms with E-state index in [0.717, 1.165) is 12.1 Å². The minimum atomic E-state index is -0.503. The summed E-state index contributed by atoms with van der Waals surface area (Å²) in [6, 6.07) is 11.4. The Morgan fingerprint density at radius 1 is 1.00 bits per heavy atom. The third-order valence-electron chi connectivity index (χ3n) is 3.43. The molecule has 1 nitrogen and oxygen atoms in total. The fraction of sp³-hybridized carbons (Fsp3) is 0.294. The van der Waals surface area contributed by atoms with E-state index in [0.29, 0.717) is 11.4 Å². The van der Waals surface area contributed by atoms with Gasteiger partial charge < -0.3 is 5.32 Å². The molecular formula is C17H18ClF2N. The first kappa shape index (κ1) is 15.9. The first-order chi connectivity index (χ1) is 10.1. The van der Waals surface area contributed by atoms with Gasteiger partial charge in [-0.15, -0.1) is 0 Å². The predicted molar refractivity (Wildman–Crippen MR) is 82.7 cm³/mol. The van der Waals surface area contributed by atoms with E-state index in [2.05, 4.69) is 5.32 Å². The van der Waals surface area contributed by atoms with Crippen LogP contribution in [0.2, 0.25) is 5.02 Å². The lowest BCUT2D eigenvalue weighted by Gasteiger charge is -2.19. The molecule has 2 aromatic rings. The molecule has 21 heavy (non-hydrogen) atoms. The highest BCUT2D eigenvalue weighted by Crippen LogP contribution is 2.20. The van der Waals surface area contributed by atoms with Crippen LogP contribution in [0.3, 0.4) is 0 Å². The Kier molecular flexibility index (Phi) is 5.71. The van der Waals surface area contributed by atoms with Crippen LogP contribution in [0.4, 0.5) is 8.78 Å². The average molecular weight is 310 g/mol. The number of benzene rings is 2. The van der Waals surface area contributed by atoms with Gasteiger partial charge in [0.2, 0.25) is 0 Å². The second-order valence-electron chi connectivity index (χ2n) is 4.95. The molecule has 0 aliphatic carbocycles. The third-order valence-corrected chi connectivity index (χ3v) is 3.80. The van der Waals surface area contributed by atoms with Crippen molar-refractivity contribution in [1.29, 1.82) is 0 Å². The molecule has 2 rings (SSSR count). The largest absolute Gasteiger partial charge is 0.314 e. The number of hydrogen-bond donors (Lipinski definition) is 1. The van der Waals surface area contributed by atoms with Gasteiger partial charge in [0.1, 0.15) is 11.6 Å². The van der Waals surface area contributed by atoms with E-state index in [1.165, 1.54) is 18.2 Å². The summed E-state index contributed by atoms with van der Waals surface area (Å²) in [5, 5.41) is 3.94. The highest BCUT2D eigenvalue weighted by molar-refractivity contribution is 6.31. The van der Waals surface area contributed by atoms with Crippen molar-refractivity contribution < 1.29 is 8.78 Å². The van der Waals surface area contributed by atoms with Gasteiger partial charge in [-0.25, -0.2) is 8.78 Å². The molecular weight excluding hydrogens is 292 g/mol. The van der Waals surface area contributed by atoms with Crippen molar-refractivity contribution in [3.63, 3.8) is 0 Å². The second-order valence-corrected chi connectivity index (χ2v) is 5.36. The maximum Gasteiger partial charge on any atom is 0.129 e. The van der Waals surface area contributed by atoms with E-state index in [4.69, 9.17) is 11.6 Å². The van der Waals surface area contributed by atoms with E-state index in [-0.39, 0.29) is 18.0 Å². The minimum Gasteiger partial charge on any atom is -0.314 e. The van der Waals surface area contributed by atoms with Gasteiger partial charge in [0, 0.05) is 16.6 Å². The van der Waals surface area contributed by atoms with Crippen LogP contribution in [-0.2, 0) is 12.8 Å². The predicted octanol–water partition coefficient (Wildman–Crippen LogP) is 4.38. The lowest BCUT2D eigenvalue weighted by atomic mass is 9.98. The molecule has 0 saturated heterocycles. The molecule has 112 valence electrons.